The van der Waals surface area contributed by atoms with Gasteiger partial charge in [-0.2, -0.15) is 0 Å². The number of hydrogen-bond acceptors (Lipinski definition) is 5. The molecule has 142 valence electrons. The van der Waals surface area contributed by atoms with Crippen molar-refractivity contribution in [3.05, 3.63) is 59.1 Å². The quantitative estimate of drug-likeness (QED) is 0.757. The van der Waals surface area contributed by atoms with Gasteiger partial charge < -0.3 is 21.3 Å². The standard InChI is InChI=1S/C21H26ClN5/c22-17-5-3-4-16(14-17)15-24-20-21(8-11-27(12-9-21)13-10-23)26-19-7-2-1-6-18(19)25-20/h1-7,14,26H,8-13,15,23H2,(H,24,25). The second kappa shape index (κ2) is 7.89. The summed E-state index contributed by atoms with van der Waals surface area (Å²) in [5, 5.41) is 8.15. The fourth-order valence-electron chi connectivity index (χ4n) is 3.97. The number of benzene rings is 2. The van der Waals surface area contributed by atoms with Crippen LogP contribution < -0.4 is 16.4 Å². The van der Waals surface area contributed by atoms with Crippen LogP contribution in [0.1, 0.15) is 18.4 Å². The molecule has 5 nitrogen and oxygen atoms in total. The number of likely N-dealkylation sites (tertiary alicyclic amines) is 1. The van der Waals surface area contributed by atoms with Gasteiger partial charge in [-0.15, -0.1) is 0 Å². The molecule has 0 aliphatic carbocycles. The first kappa shape index (κ1) is 18.3. The summed E-state index contributed by atoms with van der Waals surface area (Å²) in [6, 6.07) is 16.2. The Bertz CT molecular complexity index is 827. The number of piperidine rings is 1. The molecule has 2 aliphatic heterocycles. The molecule has 0 radical (unpaired) electrons. The third kappa shape index (κ3) is 3.95. The van der Waals surface area contributed by atoms with Crippen LogP contribution in [0.15, 0.2) is 53.5 Å². The molecular formula is C21H26ClN5. The van der Waals surface area contributed by atoms with E-state index in [1.54, 1.807) is 0 Å². The summed E-state index contributed by atoms with van der Waals surface area (Å²) >= 11 is 6.14. The molecule has 4 rings (SSSR count). The van der Waals surface area contributed by atoms with E-state index in [-0.39, 0.29) is 5.54 Å². The number of fused-ring (bicyclic) bond motifs is 1. The highest BCUT2D eigenvalue weighted by atomic mass is 35.5. The van der Waals surface area contributed by atoms with Crippen LogP contribution in [0.3, 0.4) is 0 Å². The first-order valence-corrected chi connectivity index (χ1v) is 9.93. The van der Waals surface area contributed by atoms with Gasteiger partial charge in [0.1, 0.15) is 5.84 Å². The number of rotatable bonds is 4. The summed E-state index contributed by atoms with van der Waals surface area (Å²) in [5.41, 5.74) is 8.83. The van der Waals surface area contributed by atoms with E-state index in [1.165, 1.54) is 0 Å². The van der Waals surface area contributed by atoms with Crippen molar-refractivity contribution in [2.45, 2.75) is 24.9 Å². The van der Waals surface area contributed by atoms with Crippen LogP contribution in [0, 0.1) is 0 Å². The fourth-order valence-corrected chi connectivity index (χ4v) is 4.18. The number of nitrogens with two attached hydrogens (primary N) is 1. The lowest BCUT2D eigenvalue weighted by atomic mass is 9.84. The zero-order chi connectivity index (χ0) is 18.7. The van der Waals surface area contributed by atoms with E-state index < -0.39 is 0 Å². The third-order valence-electron chi connectivity index (χ3n) is 5.47. The van der Waals surface area contributed by atoms with Gasteiger partial charge in [-0.05, 0) is 42.7 Å². The molecule has 6 heteroatoms. The van der Waals surface area contributed by atoms with Crippen molar-refractivity contribution in [3.8, 4) is 0 Å². The van der Waals surface area contributed by atoms with Gasteiger partial charge in [-0.1, -0.05) is 35.9 Å². The van der Waals surface area contributed by atoms with Crippen LogP contribution in [-0.2, 0) is 6.54 Å². The van der Waals surface area contributed by atoms with E-state index in [0.29, 0.717) is 13.1 Å². The molecule has 1 spiro atoms. The molecule has 0 saturated carbocycles. The highest BCUT2D eigenvalue weighted by molar-refractivity contribution is 6.30. The zero-order valence-corrected chi connectivity index (χ0v) is 16.2. The van der Waals surface area contributed by atoms with E-state index in [2.05, 4.69) is 39.8 Å². The highest BCUT2D eigenvalue weighted by Gasteiger charge is 2.41. The molecule has 2 aliphatic rings. The minimum atomic E-state index is -0.155. The average molecular weight is 384 g/mol. The highest BCUT2D eigenvalue weighted by Crippen LogP contribution is 2.37. The summed E-state index contributed by atoms with van der Waals surface area (Å²) in [4.78, 5) is 7.43. The average Bonchev–Trinajstić information content (AvgIpc) is 2.68. The maximum Gasteiger partial charge on any atom is 0.128 e. The van der Waals surface area contributed by atoms with Crippen LogP contribution in [0.25, 0.3) is 0 Å². The molecule has 0 bridgehead atoms. The number of anilines is 1. The third-order valence-corrected chi connectivity index (χ3v) is 5.70. The van der Waals surface area contributed by atoms with Crippen LogP contribution in [-0.4, -0.2) is 42.5 Å². The minimum Gasteiger partial charge on any atom is -0.371 e. The first-order valence-electron chi connectivity index (χ1n) is 9.56. The number of nitrogens with zero attached hydrogens (tertiary/aromatic N) is 2. The van der Waals surface area contributed by atoms with Gasteiger partial charge in [0, 0.05) is 37.7 Å². The first-order chi connectivity index (χ1) is 13.2. The summed E-state index contributed by atoms with van der Waals surface area (Å²) < 4.78 is 0. The number of para-hydroxylation sites is 2. The molecule has 0 aromatic heterocycles. The number of nitrogens with one attached hydrogen (secondary N) is 2. The fraction of sp³-hybridized carbons (Fsp3) is 0.381. The molecule has 1 fully saturated rings. The smallest absolute Gasteiger partial charge is 0.128 e. The molecule has 2 heterocycles. The topological polar surface area (TPSA) is 65.7 Å². The number of halogens is 1. The van der Waals surface area contributed by atoms with Gasteiger partial charge >= 0.3 is 0 Å². The van der Waals surface area contributed by atoms with Gasteiger partial charge in [-0.25, -0.2) is 4.99 Å². The van der Waals surface area contributed by atoms with Gasteiger partial charge in [0.05, 0.1) is 16.9 Å². The summed E-state index contributed by atoms with van der Waals surface area (Å²) in [5.74, 6) is 1.02. The van der Waals surface area contributed by atoms with Crippen LogP contribution >= 0.6 is 11.6 Å². The van der Waals surface area contributed by atoms with E-state index in [9.17, 15) is 0 Å². The largest absolute Gasteiger partial charge is 0.371 e. The SMILES string of the molecule is NCCN1CCC2(CC1)Nc1ccccc1N=C2NCc1cccc(Cl)c1. The number of aliphatic imine (C=N–C) groups is 1. The van der Waals surface area contributed by atoms with Crippen molar-refractivity contribution < 1.29 is 0 Å². The van der Waals surface area contributed by atoms with Crippen molar-refractivity contribution in [3.63, 3.8) is 0 Å². The molecular weight excluding hydrogens is 358 g/mol. The van der Waals surface area contributed by atoms with Gasteiger partial charge in [-0.3, -0.25) is 0 Å². The van der Waals surface area contributed by atoms with E-state index in [0.717, 1.165) is 60.3 Å². The Kier molecular flexibility index (Phi) is 5.34. The molecule has 27 heavy (non-hydrogen) atoms. The molecule has 4 N–H and O–H groups in total. The van der Waals surface area contributed by atoms with Crippen LogP contribution in [0.4, 0.5) is 11.4 Å². The Balaban J connectivity index is 1.57. The monoisotopic (exact) mass is 383 g/mol. The van der Waals surface area contributed by atoms with Gasteiger partial charge in [0.15, 0.2) is 0 Å². The Hall–Kier alpha value is -2.08. The lowest BCUT2D eigenvalue weighted by Gasteiger charge is -2.45. The normalized spacial score (nSPS) is 18.5. The Morgan fingerprint density at radius 2 is 1.96 bits per heavy atom. The van der Waals surface area contributed by atoms with Crippen molar-refractivity contribution in [2.75, 3.05) is 31.5 Å². The number of hydrogen-bond donors (Lipinski definition) is 3. The Morgan fingerprint density at radius 3 is 2.74 bits per heavy atom. The predicted molar refractivity (Wildman–Crippen MR) is 113 cm³/mol. The molecule has 2 aromatic rings. The Labute approximate surface area is 165 Å². The predicted octanol–water partition coefficient (Wildman–Crippen LogP) is 3.38. The van der Waals surface area contributed by atoms with Crippen LogP contribution in [0.5, 0.6) is 0 Å². The maximum atomic E-state index is 6.14. The van der Waals surface area contributed by atoms with Gasteiger partial charge in [0.25, 0.3) is 0 Å². The maximum absolute atomic E-state index is 6.14. The van der Waals surface area contributed by atoms with E-state index in [1.807, 2.05) is 24.3 Å². The molecule has 2 aromatic carbocycles. The zero-order valence-electron chi connectivity index (χ0n) is 15.4. The van der Waals surface area contributed by atoms with Crippen molar-refractivity contribution >= 4 is 28.8 Å². The Morgan fingerprint density at radius 1 is 1.15 bits per heavy atom. The van der Waals surface area contributed by atoms with Crippen molar-refractivity contribution in [2.24, 2.45) is 10.7 Å². The van der Waals surface area contributed by atoms with E-state index in [4.69, 9.17) is 22.3 Å². The second-order valence-electron chi connectivity index (χ2n) is 7.30. The number of amidine groups is 1. The minimum absolute atomic E-state index is 0.155. The van der Waals surface area contributed by atoms with Crippen LogP contribution in [0.2, 0.25) is 5.02 Å². The van der Waals surface area contributed by atoms with Crippen molar-refractivity contribution in [1.29, 1.82) is 0 Å². The molecule has 0 atom stereocenters. The molecule has 0 amide bonds. The lowest BCUT2D eigenvalue weighted by molar-refractivity contribution is 0.204. The van der Waals surface area contributed by atoms with Crippen molar-refractivity contribution in [1.82, 2.24) is 10.2 Å². The second-order valence-corrected chi connectivity index (χ2v) is 7.73. The summed E-state index contributed by atoms with van der Waals surface area (Å²) in [6.07, 6.45) is 2.01. The molecule has 1 saturated heterocycles. The summed E-state index contributed by atoms with van der Waals surface area (Å²) in [7, 11) is 0. The summed E-state index contributed by atoms with van der Waals surface area (Å²) in [6.45, 7) is 4.40. The van der Waals surface area contributed by atoms with Gasteiger partial charge in [0.2, 0.25) is 0 Å². The lowest BCUT2D eigenvalue weighted by Crippen LogP contribution is -2.59. The molecule has 0 unspecified atom stereocenters. The van der Waals surface area contributed by atoms with E-state index >= 15 is 0 Å².